The summed E-state index contributed by atoms with van der Waals surface area (Å²) in [7, 11) is 0. The summed E-state index contributed by atoms with van der Waals surface area (Å²) in [6, 6.07) is 0. The van der Waals surface area contributed by atoms with Crippen LogP contribution in [0.2, 0.25) is 0 Å². The van der Waals surface area contributed by atoms with Gasteiger partial charge in [-0.2, -0.15) is 0 Å². The first-order chi connectivity index (χ1) is 5.76. The Bertz CT molecular complexity index is 161. The Morgan fingerprint density at radius 1 is 1.50 bits per heavy atom. The lowest BCUT2D eigenvalue weighted by Gasteiger charge is -2.22. The molecule has 0 aromatic heterocycles. The minimum Gasteiger partial charge on any atom is -0.350 e. The van der Waals surface area contributed by atoms with Crippen LogP contribution in [0.25, 0.3) is 0 Å². The fraction of sp³-hybridized carbons (Fsp3) is 1.00. The van der Waals surface area contributed by atoms with Gasteiger partial charge in [-0.25, -0.2) is 0 Å². The number of rotatable bonds is 1. The molecule has 70 valence electrons. The van der Waals surface area contributed by atoms with Crippen molar-refractivity contribution >= 4 is 0 Å². The molecule has 2 saturated heterocycles. The Morgan fingerprint density at radius 2 is 2.33 bits per heavy atom. The molecule has 2 rings (SSSR count). The molecule has 0 aromatic carbocycles. The van der Waals surface area contributed by atoms with Crippen molar-refractivity contribution in [2.24, 2.45) is 5.92 Å². The molecule has 0 N–H and O–H groups in total. The maximum atomic E-state index is 5.95. The van der Waals surface area contributed by atoms with Crippen LogP contribution in [0, 0.1) is 5.92 Å². The smallest absolute Gasteiger partial charge is 0.169 e. The van der Waals surface area contributed by atoms with E-state index in [1.165, 1.54) is 6.42 Å². The summed E-state index contributed by atoms with van der Waals surface area (Å²) < 4.78 is 11.6. The Hall–Kier alpha value is -0.0800. The van der Waals surface area contributed by atoms with Crippen LogP contribution < -0.4 is 0 Å². The van der Waals surface area contributed by atoms with Crippen LogP contribution >= 0.6 is 0 Å². The Labute approximate surface area is 74.2 Å². The second kappa shape index (κ2) is 3.00. The largest absolute Gasteiger partial charge is 0.350 e. The van der Waals surface area contributed by atoms with E-state index in [1.807, 2.05) is 0 Å². The first-order valence-corrected chi connectivity index (χ1v) is 5.07. The molecule has 1 spiro atoms. The Kier molecular flexibility index (Phi) is 2.13. The van der Waals surface area contributed by atoms with E-state index in [9.17, 15) is 0 Å². The second-order valence-electron chi connectivity index (χ2n) is 4.11. The zero-order chi connectivity index (χ0) is 8.60. The van der Waals surface area contributed by atoms with Crippen molar-refractivity contribution in [3.63, 3.8) is 0 Å². The van der Waals surface area contributed by atoms with Gasteiger partial charge in [-0.05, 0) is 18.8 Å². The molecule has 2 aliphatic heterocycles. The molecule has 0 saturated carbocycles. The second-order valence-corrected chi connectivity index (χ2v) is 4.11. The summed E-state index contributed by atoms with van der Waals surface area (Å²) in [6.07, 6.45) is 4.93. The molecule has 2 aliphatic rings. The van der Waals surface area contributed by atoms with Crippen LogP contribution in [-0.4, -0.2) is 18.5 Å². The van der Waals surface area contributed by atoms with Crippen LogP contribution in [-0.2, 0) is 9.47 Å². The van der Waals surface area contributed by atoms with E-state index in [-0.39, 0.29) is 5.79 Å². The molecular formula is C10H18O2. The molecule has 2 nitrogen and oxygen atoms in total. The summed E-state index contributed by atoms with van der Waals surface area (Å²) in [6.45, 7) is 5.35. The lowest BCUT2D eigenvalue weighted by molar-refractivity contribution is -0.199. The molecule has 3 unspecified atom stereocenters. The van der Waals surface area contributed by atoms with E-state index >= 15 is 0 Å². The van der Waals surface area contributed by atoms with E-state index in [0.717, 1.165) is 25.9 Å². The molecule has 3 atom stereocenters. The molecule has 2 fully saturated rings. The molecule has 12 heavy (non-hydrogen) atoms. The van der Waals surface area contributed by atoms with E-state index < -0.39 is 0 Å². The van der Waals surface area contributed by atoms with Gasteiger partial charge in [-0.15, -0.1) is 0 Å². The van der Waals surface area contributed by atoms with Gasteiger partial charge < -0.3 is 9.47 Å². The van der Waals surface area contributed by atoms with Crippen molar-refractivity contribution in [1.29, 1.82) is 0 Å². The van der Waals surface area contributed by atoms with Gasteiger partial charge in [0.25, 0.3) is 0 Å². The third-order valence-electron chi connectivity index (χ3n) is 3.10. The van der Waals surface area contributed by atoms with Crippen LogP contribution in [0.5, 0.6) is 0 Å². The molecule has 0 radical (unpaired) electrons. The highest BCUT2D eigenvalue weighted by molar-refractivity contribution is 4.88. The van der Waals surface area contributed by atoms with Crippen molar-refractivity contribution in [2.45, 2.75) is 51.4 Å². The first kappa shape index (κ1) is 8.52. The van der Waals surface area contributed by atoms with Gasteiger partial charge in [0.15, 0.2) is 5.79 Å². The lowest BCUT2D eigenvalue weighted by Crippen LogP contribution is -2.27. The fourth-order valence-corrected chi connectivity index (χ4v) is 2.47. The normalized spacial score (nSPS) is 47.5. The average molecular weight is 170 g/mol. The molecule has 2 heteroatoms. The predicted molar refractivity (Wildman–Crippen MR) is 46.9 cm³/mol. The summed E-state index contributed by atoms with van der Waals surface area (Å²) >= 11 is 0. The van der Waals surface area contributed by atoms with Crippen LogP contribution in [0.15, 0.2) is 0 Å². The van der Waals surface area contributed by atoms with Crippen molar-refractivity contribution in [3.05, 3.63) is 0 Å². The van der Waals surface area contributed by atoms with Gasteiger partial charge in [-0.3, -0.25) is 0 Å². The summed E-state index contributed by atoms with van der Waals surface area (Å²) in [5.41, 5.74) is 0. The summed E-state index contributed by atoms with van der Waals surface area (Å²) in [5, 5.41) is 0. The minimum absolute atomic E-state index is 0.167. The third-order valence-corrected chi connectivity index (χ3v) is 3.10. The quantitative estimate of drug-likeness (QED) is 0.601. The van der Waals surface area contributed by atoms with Gasteiger partial charge in [0.05, 0.1) is 12.7 Å². The zero-order valence-corrected chi connectivity index (χ0v) is 8.01. The number of ether oxygens (including phenoxy) is 2. The van der Waals surface area contributed by atoms with E-state index in [0.29, 0.717) is 12.0 Å². The first-order valence-electron chi connectivity index (χ1n) is 5.07. The van der Waals surface area contributed by atoms with Gasteiger partial charge in [0.1, 0.15) is 0 Å². The number of hydrogen-bond acceptors (Lipinski definition) is 2. The standard InChI is InChI=1S/C10H18O2/c1-3-9-8(2)7-10(12-9)5-4-6-11-10/h8-9H,3-7H2,1-2H3. The van der Waals surface area contributed by atoms with Crippen molar-refractivity contribution < 1.29 is 9.47 Å². The van der Waals surface area contributed by atoms with Crippen LogP contribution in [0.4, 0.5) is 0 Å². The van der Waals surface area contributed by atoms with Crippen molar-refractivity contribution in [2.75, 3.05) is 6.61 Å². The maximum absolute atomic E-state index is 5.95. The highest BCUT2D eigenvalue weighted by Gasteiger charge is 2.46. The molecule has 0 amide bonds. The van der Waals surface area contributed by atoms with Gasteiger partial charge in [-0.1, -0.05) is 13.8 Å². The lowest BCUT2D eigenvalue weighted by atomic mass is 9.97. The highest BCUT2D eigenvalue weighted by Crippen LogP contribution is 2.42. The third kappa shape index (κ3) is 1.27. The predicted octanol–water partition coefficient (Wildman–Crippen LogP) is 2.33. The monoisotopic (exact) mass is 170 g/mol. The van der Waals surface area contributed by atoms with Crippen molar-refractivity contribution in [1.82, 2.24) is 0 Å². The van der Waals surface area contributed by atoms with Gasteiger partial charge in [0, 0.05) is 12.8 Å². The van der Waals surface area contributed by atoms with Gasteiger partial charge >= 0.3 is 0 Å². The molecule has 0 bridgehead atoms. The Balaban J connectivity index is 2.03. The summed E-state index contributed by atoms with van der Waals surface area (Å²) in [5.74, 6) is 0.508. The SMILES string of the molecule is CCC1OC2(CCCO2)CC1C. The van der Waals surface area contributed by atoms with E-state index in [1.54, 1.807) is 0 Å². The highest BCUT2D eigenvalue weighted by atomic mass is 16.7. The minimum atomic E-state index is -0.167. The van der Waals surface area contributed by atoms with Crippen LogP contribution in [0.3, 0.4) is 0 Å². The topological polar surface area (TPSA) is 18.5 Å². The Morgan fingerprint density at radius 3 is 2.83 bits per heavy atom. The fourth-order valence-electron chi connectivity index (χ4n) is 2.47. The maximum Gasteiger partial charge on any atom is 0.169 e. The zero-order valence-electron chi connectivity index (χ0n) is 8.01. The van der Waals surface area contributed by atoms with E-state index in [4.69, 9.17) is 9.47 Å². The number of hydrogen-bond donors (Lipinski definition) is 0. The van der Waals surface area contributed by atoms with Gasteiger partial charge in [0.2, 0.25) is 0 Å². The molecular weight excluding hydrogens is 152 g/mol. The summed E-state index contributed by atoms with van der Waals surface area (Å²) in [4.78, 5) is 0. The van der Waals surface area contributed by atoms with Crippen LogP contribution in [0.1, 0.15) is 39.5 Å². The average Bonchev–Trinajstić information content (AvgIpc) is 2.60. The molecule has 0 aromatic rings. The van der Waals surface area contributed by atoms with E-state index in [2.05, 4.69) is 13.8 Å². The molecule has 2 heterocycles. The van der Waals surface area contributed by atoms with Crippen molar-refractivity contribution in [3.8, 4) is 0 Å². The molecule has 0 aliphatic carbocycles.